The van der Waals surface area contributed by atoms with Gasteiger partial charge in [0.2, 0.25) is 0 Å². The van der Waals surface area contributed by atoms with Gasteiger partial charge in [0, 0.05) is 5.71 Å². The van der Waals surface area contributed by atoms with Gasteiger partial charge in [0.25, 0.3) is 0 Å². The van der Waals surface area contributed by atoms with Crippen LogP contribution in [0.3, 0.4) is 0 Å². The van der Waals surface area contributed by atoms with E-state index >= 15 is 0 Å². The van der Waals surface area contributed by atoms with E-state index in [1.165, 1.54) is 0 Å². The highest BCUT2D eigenvalue weighted by Gasteiger charge is 2.31. The molecule has 5 nitrogen and oxygen atoms in total. The third kappa shape index (κ3) is 4.14. The van der Waals surface area contributed by atoms with Gasteiger partial charge in [0.05, 0.1) is 12.0 Å². The molecule has 0 radical (unpaired) electrons. The summed E-state index contributed by atoms with van der Waals surface area (Å²) >= 11 is 4.62. The average Bonchev–Trinajstić information content (AvgIpc) is 2.51. The first-order valence-corrected chi connectivity index (χ1v) is 5.69. The minimum atomic E-state index is -0.0948. The molecule has 0 aromatic heterocycles. The van der Waals surface area contributed by atoms with Crippen LogP contribution >= 0.6 is 12.2 Å². The van der Waals surface area contributed by atoms with E-state index in [9.17, 15) is 4.79 Å². The van der Waals surface area contributed by atoms with Crippen LogP contribution < -0.4 is 11.2 Å². The first-order chi connectivity index (χ1) is 7.49. The van der Waals surface area contributed by atoms with Gasteiger partial charge in [-0.25, -0.2) is 0 Å². The molecule has 1 aliphatic rings. The second kappa shape index (κ2) is 5.79. The van der Waals surface area contributed by atoms with E-state index in [4.69, 9.17) is 10.5 Å². The number of carbonyl (C=O) groups is 1. The molecule has 0 bridgehead atoms. The Balaban J connectivity index is 2.31. The summed E-state index contributed by atoms with van der Waals surface area (Å²) in [6.45, 7) is 3.78. The highest BCUT2D eigenvalue weighted by atomic mass is 32.1. The summed E-state index contributed by atoms with van der Waals surface area (Å²) in [5.41, 5.74) is 8.64. The fraction of sp³-hybridized carbons (Fsp3) is 0.700. The van der Waals surface area contributed by atoms with Crippen molar-refractivity contribution in [1.82, 2.24) is 5.43 Å². The lowest BCUT2D eigenvalue weighted by molar-refractivity contribution is -0.143. The third-order valence-electron chi connectivity index (χ3n) is 2.48. The Morgan fingerprint density at radius 2 is 2.44 bits per heavy atom. The lowest BCUT2D eigenvalue weighted by atomic mass is 9.98. The fourth-order valence-electron chi connectivity index (χ4n) is 1.66. The van der Waals surface area contributed by atoms with Gasteiger partial charge in [-0.1, -0.05) is 0 Å². The molecule has 16 heavy (non-hydrogen) atoms. The topological polar surface area (TPSA) is 76.7 Å². The van der Waals surface area contributed by atoms with Gasteiger partial charge in [-0.2, -0.15) is 5.10 Å². The van der Waals surface area contributed by atoms with Gasteiger partial charge in [-0.05, 0) is 45.3 Å². The summed E-state index contributed by atoms with van der Waals surface area (Å²) in [5, 5.41) is 4.12. The molecule has 0 aromatic carbocycles. The maximum Gasteiger partial charge on any atom is 0.309 e. The molecule has 0 spiro atoms. The molecule has 0 aliphatic carbocycles. The molecule has 1 heterocycles. The predicted octanol–water partition coefficient (Wildman–Crippen LogP) is 0.927. The second-order valence-corrected chi connectivity index (χ2v) is 4.48. The van der Waals surface area contributed by atoms with Crippen molar-refractivity contribution in [2.24, 2.45) is 16.8 Å². The number of nitrogens with one attached hydrogen (secondary N) is 1. The summed E-state index contributed by atoms with van der Waals surface area (Å²) in [5.74, 6) is -0.0902. The number of esters is 1. The Kier molecular flexibility index (Phi) is 4.67. The SMILES string of the molecule is C/C(CC[C@@H]1C[C@@H](C)OC1=O)=N/NC(N)=S. The summed E-state index contributed by atoms with van der Waals surface area (Å²) in [7, 11) is 0. The van der Waals surface area contributed by atoms with Crippen LogP contribution in [0, 0.1) is 5.92 Å². The smallest absolute Gasteiger partial charge is 0.309 e. The van der Waals surface area contributed by atoms with Gasteiger partial charge < -0.3 is 10.5 Å². The molecule has 90 valence electrons. The Morgan fingerprint density at radius 1 is 1.75 bits per heavy atom. The van der Waals surface area contributed by atoms with Crippen molar-refractivity contribution < 1.29 is 9.53 Å². The quantitative estimate of drug-likeness (QED) is 0.332. The lowest BCUT2D eigenvalue weighted by Crippen LogP contribution is -2.25. The van der Waals surface area contributed by atoms with Crippen LogP contribution in [-0.2, 0) is 9.53 Å². The number of ether oxygens (including phenoxy) is 1. The molecule has 1 fully saturated rings. The third-order valence-corrected chi connectivity index (χ3v) is 2.57. The number of rotatable bonds is 4. The zero-order valence-corrected chi connectivity index (χ0v) is 10.3. The zero-order chi connectivity index (χ0) is 12.1. The molecule has 1 saturated heterocycles. The largest absolute Gasteiger partial charge is 0.462 e. The van der Waals surface area contributed by atoms with Crippen molar-refractivity contribution in [2.45, 2.75) is 39.2 Å². The van der Waals surface area contributed by atoms with Crippen LogP contribution in [0.5, 0.6) is 0 Å². The Hall–Kier alpha value is -1.17. The number of thiocarbonyl (C=S) groups is 1. The number of hydrogen-bond acceptors (Lipinski definition) is 4. The van der Waals surface area contributed by atoms with Gasteiger partial charge in [-0.3, -0.25) is 10.2 Å². The minimum Gasteiger partial charge on any atom is -0.462 e. The van der Waals surface area contributed by atoms with E-state index in [1.54, 1.807) is 0 Å². The van der Waals surface area contributed by atoms with Gasteiger partial charge in [0.1, 0.15) is 0 Å². The molecule has 0 aromatic rings. The van der Waals surface area contributed by atoms with Crippen molar-refractivity contribution in [1.29, 1.82) is 0 Å². The first kappa shape index (κ1) is 12.9. The van der Waals surface area contributed by atoms with E-state index in [0.717, 1.165) is 25.0 Å². The molecule has 0 unspecified atom stereocenters. The monoisotopic (exact) mass is 243 g/mol. The van der Waals surface area contributed by atoms with E-state index in [-0.39, 0.29) is 23.1 Å². The highest BCUT2D eigenvalue weighted by molar-refractivity contribution is 7.80. The predicted molar refractivity (Wildman–Crippen MR) is 65.9 cm³/mol. The fourth-order valence-corrected chi connectivity index (χ4v) is 1.71. The molecule has 1 rings (SSSR count). The Morgan fingerprint density at radius 3 is 2.94 bits per heavy atom. The molecule has 0 amide bonds. The maximum absolute atomic E-state index is 11.3. The highest BCUT2D eigenvalue weighted by Crippen LogP contribution is 2.24. The van der Waals surface area contributed by atoms with E-state index in [0.29, 0.717) is 0 Å². The average molecular weight is 243 g/mol. The minimum absolute atomic E-state index is 0.00461. The van der Waals surface area contributed by atoms with Crippen LogP contribution in [-0.4, -0.2) is 22.9 Å². The summed E-state index contributed by atoms with van der Waals surface area (Å²) < 4.78 is 5.07. The van der Waals surface area contributed by atoms with Crippen LogP contribution in [0.25, 0.3) is 0 Å². The number of nitrogens with two attached hydrogens (primary N) is 1. The maximum atomic E-state index is 11.3. The summed E-state index contributed by atoms with van der Waals surface area (Å²) in [6, 6.07) is 0. The second-order valence-electron chi connectivity index (χ2n) is 4.04. The van der Waals surface area contributed by atoms with E-state index in [1.807, 2.05) is 13.8 Å². The lowest BCUT2D eigenvalue weighted by Gasteiger charge is -2.05. The first-order valence-electron chi connectivity index (χ1n) is 5.28. The molecular formula is C10H17N3O2S. The van der Waals surface area contributed by atoms with E-state index in [2.05, 4.69) is 22.7 Å². The molecule has 6 heteroatoms. The van der Waals surface area contributed by atoms with Crippen molar-refractivity contribution >= 4 is 29.0 Å². The Bertz CT molecular complexity index is 317. The van der Waals surface area contributed by atoms with Crippen LogP contribution in [0.1, 0.15) is 33.1 Å². The number of cyclic esters (lactones) is 1. The zero-order valence-electron chi connectivity index (χ0n) is 9.53. The normalized spacial score (nSPS) is 25.4. The number of hydrazone groups is 1. The van der Waals surface area contributed by atoms with Crippen molar-refractivity contribution in [3.8, 4) is 0 Å². The Labute approximate surface area is 100 Å². The number of carbonyl (C=O) groups excluding carboxylic acids is 1. The number of nitrogens with zero attached hydrogens (tertiary/aromatic N) is 1. The van der Waals surface area contributed by atoms with Gasteiger partial charge in [0.15, 0.2) is 5.11 Å². The van der Waals surface area contributed by atoms with Crippen molar-refractivity contribution in [3.63, 3.8) is 0 Å². The molecule has 3 N–H and O–H groups in total. The van der Waals surface area contributed by atoms with Crippen LogP contribution in [0.15, 0.2) is 5.10 Å². The molecule has 1 aliphatic heterocycles. The molecule has 2 atom stereocenters. The van der Waals surface area contributed by atoms with Gasteiger partial charge in [-0.15, -0.1) is 0 Å². The van der Waals surface area contributed by atoms with Crippen LogP contribution in [0.2, 0.25) is 0 Å². The van der Waals surface area contributed by atoms with Gasteiger partial charge >= 0.3 is 5.97 Å². The standard InChI is InChI=1S/C10H17N3O2S/c1-6(12-13-10(11)16)3-4-8-5-7(2)15-9(8)14/h7-8H,3-5H2,1-2H3,(H3,11,13,16)/b12-6-/t7-,8-/m1/s1. The molecular weight excluding hydrogens is 226 g/mol. The number of hydrogen-bond donors (Lipinski definition) is 2. The van der Waals surface area contributed by atoms with Crippen molar-refractivity contribution in [2.75, 3.05) is 0 Å². The van der Waals surface area contributed by atoms with Crippen molar-refractivity contribution in [3.05, 3.63) is 0 Å². The molecule has 0 saturated carbocycles. The van der Waals surface area contributed by atoms with E-state index < -0.39 is 0 Å². The summed E-state index contributed by atoms with van der Waals surface area (Å²) in [6.07, 6.45) is 2.35. The summed E-state index contributed by atoms with van der Waals surface area (Å²) in [4.78, 5) is 11.3. The van der Waals surface area contributed by atoms with Crippen LogP contribution in [0.4, 0.5) is 0 Å².